The first-order valence-corrected chi connectivity index (χ1v) is 9.35. The van der Waals surface area contributed by atoms with E-state index >= 15 is 0 Å². The second-order valence-corrected chi connectivity index (χ2v) is 7.68. The molecule has 0 heterocycles. The van der Waals surface area contributed by atoms with E-state index in [4.69, 9.17) is 9.47 Å². The van der Waals surface area contributed by atoms with E-state index < -0.39 is 18.0 Å². The average molecular weight is 376 g/mol. The van der Waals surface area contributed by atoms with Crippen LogP contribution in [0.25, 0.3) is 0 Å². The highest BCUT2D eigenvalue weighted by molar-refractivity contribution is 6.03. The van der Waals surface area contributed by atoms with Gasteiger partial charge in [-0.2, -0.15) is 0 Å². The molecule has 0 spiro atoms. The minimum Gasteiger partial charge on any atom is -0.461 e. The zero-order chi connectivity index (χ0) is 20.3. The predicted octanol–water partition coefficient (Wildman–Crippen LogP) is 2.95. The van der Waals surface area contributed by atoms with Gasteiger partial charge >= 0.3 is 11.9 Å². The Morgan fingerprint density at radius 2 is 1.78 bits per heavy atom. The lowest BCUT2D eigenvalue weighted by Gasteiger charge is -2.30. The number of hydrogen-bond donors (Lipinski definition) is 0. The maximum absolute atomic E-state index is 12.6. The van der Waals surface area contributed by atoms with E-state index in [0.717, 1.165) is 12.0 Å². The summed E-state index contributed by atoms with van der Waals surface area (Å²) < 4.78 is 10.8. The summed E-state index contributed by atoms with van der Waals surface area (Å²) in [5.74, 6) is -1.08. The van der Waals surface area contributed by atoms with Gasteiger partial charge in [0.1, 0.15) is 18.5 Å². The number of ether oxygens (including phenoxy) is 2. The van der Waals surface area contributed by atoms with Crippen molar-refractivity contribution in [1.29, 1.82) is 0 Å². The van der Waals surface area contributed by atoms with Crippen LogP contribution in [0.15, 0.2) is 23.3 Å². The molecule has 0 N–H and O–H groups in total. The summed E-state index contributed by atoms with van der Waals surface area (Å²) in [7, 11) is 0. The van der Waals surface area contributed by atoms with E-state index in [-0.39, 0.29) is 42.3 Å². The molecule has 0 aromatic rings. The van der Waals surface area contributed by atoms with Gasteiger partial charge in [0.05, 0.1) is 0 Å². The van der Waals surface area contributed by atoms with E-state index in [1.54, 1.807) is 0 Å². The number of carbonyl (C=O) groups excluding carboxylic acids is 4. The van der Waals surface area contributed by atoms with Crippen LogP contribution in [0, 0.1) is 17.8 Å². The molecule has 0 aromatic carbocycles. The van der Waals surface area contributed by atoms with Crippen LogP contribution in [-0.4, -0.2) is 36.2 Å². The minimum atomic E-state index is -0.652. The molecule has 1 saturated carbocycles. The molecule has 6 nitrogen and oxygen atoms in total. The lowest BCUT2D eigenvalue weighted by molar-refractivity contribution is -0.147. The van der Waals surface area contributed by atoms with Gasteiger partial charge in [0, 0.05) is 38.2 Å². The topological polar surface area (TPSA) is 86.7 Å². The molecule has 0 saturated heterocycles. The molecule has 0 bridgehead atoms. The predicted molar refractivity (Wildman–Crippen MR) is 98.7 cm³/mol. The van der Waals surface area contributed by atoms with Gasteiger partial charge in [-0.3, -0.25) is 19.2 Å². The second-order valence-electron chi connectivity index (χ2n) is 7.68. The summed E-state index contributed by atoms with van der Waals surface area (Å²) in [4.78, 5) is 47.4. The van der Waals surface area contributed by atoms with Crippen molar-refractivity contribution in [3.63, 3.8) is 0 Å². The van der Waals surface area contributed by atoms with Crippen molar-refractivity contribution in [2.75, 3.05) is 6.61 Å². The highest BCUT2D eigenvalue weighted by atomic mass is 16.5. The molecular weight excluding hydrogens is 348 g/mol. The molecule has 0 aliphatic heterocycles. The number of rotatable bonds is 6. The van der Waals surface area contributed by atoms with Crippen LogP contribution < -0.4 is 0 Å². The number of ketones is 2. The SMILES string of the molecule is C=C(COC(C)=O)C1CCC(C)C2CC(=O)C(CC(C)=O)=C2C1OC(C)=O. The Bertz CT molecular complexity index is 701. The van der Waals surface area contributed by atoms with Crippen molar-refractivity contribution >= 4 is 23.5 Å². The van der Waals surface area contributed by atoms with Crippen LogP contribution in [0.3, 0.4) is 0 Å². The molecule has 148 valence electrons. The molecule has 0 aromatic heterocycles. The van der Waals surface area contributed by atoms with Crippen molar-refractivity contribution in [1.82, 2.24) is 0 Å². The molecule has 0 amide bonds. The molecule has 6 heteroatoms. The quantitative estimate of drug-likeness (QED) is 0.523. The van der Waals surface area contributed by atoms with E-state index in [1.165, 1.54) is 20.8 Å². The lowest BCUT2D eigenvalue weighted by atomic mass is 9.83. The van der Waals surface area contributed by atoms with Gasteiger partial charge in [-0.05, 0) is 42.7 Å². The van der Waals surface area contributed by atoms with Crippen molar-refractivity contribution in [3.8, 4) is 0 Å². The summed E-state index contributed by atoms with van der Waals surface area (Å²) in [6, 6.07) is 0. The fourth-order valence-electron chi connectivity index (χ4n) is 4.21. The summed E-state index contributed by atoms with van der Waals surface area (Å²) >= 11 is 0. The van der Waals surface area contributed by atoms with Crippen LogP contribution in [0.4, 0.5) is 0 Å². The summed E-state index contributed by atoms with van der Waals surface area (Å²) in [6.45, 7) is 10.3. The Labute approximate surface area is 160 Å². The zero-order valence-electron chi connectivity index (χ0n) is 16.5. The molecule has 0 radical (unpaired) electrons. The van der Waals surface area contributed by atoms with Gasteiger partial charge < -0.3 is 9.47 Å². The van der Waals surface area contributed by atoms with Crippen molar-refractivity contribution < 1.29 is 28.7 Å². The Hall–Kier alpha value is -2.24. The maximum atomic E-state index is 12.6. The van der Waals surface area contributed by atoms with Crippen LogP contribution >= 0.6 is 0 Å². The van der Waals surface area contributed by atoms with Crippen molar-refractivity contribution in [2.24, 2.45) is 17.8 Å². The fraction of sp³-hybridized carbons (Fsp3) is 0.619. The molecule has 2 rings (SSSR count). The van der Waals surface area contributed by atoms with Crippen LogP contribution in [0.1, 0.15) is 53.4 Å². The Kier molecular flexibility index (Phi) is 6.73. The highest BCUT2D eigenvalue weighted by Crippen LogP contribution is 2.47. The van der Waals surface area contributed by atoms with Crippen LogP contribution in [0.5, 0.6) is 0 Å². The van der Waals surface area contributed by atoms with Gasteiger partial charge in [0.15, 0.2) is 5.78 Å². The molecule has 1 fully saturated rings. The average Bonchev–Trinajstić information content (AvgIpc) is 2.80. The Balaban J connectivity index is 2.49. The molecule has 4 unspecified atom stereocenters. The molecule has 27 heavy (non-hydrogen) atoms. The Morgan fingerprint density at radius 1 is 1.11 bits per heavy atom. The van der Waals surface area contributed by atoms with Gasteiger partial charge in [-0.25, -0.2) is 0 Å². The van der Waals surface area contributed by atoms with Crippen molar-refractivity contribution in [2.45, 2.75) is 59.5 Å². The highest BCUT2D eigenvalue weighted by Gasteiger charge is 2.46. The summed E-state index contributed by atoms with van der Waals surface area (Å²) in [5.41, 5.74) is 1.90. The van der Waals surface area contributed by atoms with Gasteiger partial charge in [-0.15, -0.1) is 0 Å². The maximum Gasteiger partial charge on any atom is 0.303 e. The molecule has 4 atom stereocenters. The monoisotopic (exact) mass is 376 g/mol. The normalized spacial score (nSPS) is 27.6. The van der Waals surface area contributed by atoms with E-state index in [1.807, 2.05) is 0 Å². The number of fused-ring (bicyclic) bond motifs is 1. The van der Waals surface area contributed by atoms with E-state index in [0.29, 0.717) is 24.0 Å². The van der Waals surface area contributed by atoms with Crippen molar-refractivity contribution in [3.05, 3.63) is 23.3 Å². The van der Waals surface area contributed by atoms with E-state index in [2.05, 4.69) is 13.5 Å². The largest absolute Gasteiger partial charge is 0.461 e. The van der Waals surface area contributed by atoms with Gasteiger partial charge in [0.25, 0.3) is 0 Å². The molecular formula is C21H28O6. The smallest absolute Gasteiger partial charge is 0.303 e. The van der Waals surface area contributed by atoms with E-state index in [9.17, 15) is 19.2 Å². The first-order valence-electron chi connectivity index (χ1n) is 9.35. The third kappa shape index (κ3) is 4.93. The van der Waals surface area contributed by atoms with Crippen LogP contribution in [-0.2, 0) is 28.7 Å². The second kappa shape index (κ2) is 8.63. The summed E-state index contributed by atoms with van der Waals surface area (Å²) in [5, 5.41) is 0. The Morgan fingerprint density at radius 3 is 2.33 bits per heavy atom. The standard InChI is InChI=1S/C21H28O6/c1-11-6-7-16(12(2)10-26-14(4)23)21(27-15(5)24)20-17(11)9-19(25)18(20)8-13(3)22/h11,16-17,21H,2,6-10H2,1,3-5H3. The summed E-state index contributed by atoms with van der Waals surface area (Å²) in [6.07, 6.45) is 1.29. The number of Topliss-reactive ketones (excluding diaryl/α,β-unsaturated/α-hetero) is 2. The third-order valence-electron chi connectivity index (χ3n) is 5.49. The fourth-order valence-corrected chi connectivity index (χ4v) is 4.21. The van der Waals surface area contributed by atoms with Gasteiger partial charge in [0.2, 0.25) is 0 Å². The first kappa shape index (κ1) is 21.1. The molecule has 2 aliphatic carbocycles. The third-order valence-corrected chi connectivity index (χ3v) is 5.49. The number of hydrogen-bond acceptors (Lipinski definition) is 6. The minimum absolute atomic E-state index is 0.0391. The first-order chi connectivity index (χ1) is 12.6. The number of carbonyl (C=O) groups is 4. The lowest BCUT2D eigenvalue weighted by Crippen LogP contribution is -2.32. The van der Waals surface area contributed by atoms with Crippen LogP contribution in [0.2, 0.25) is 0 Å². The zero-order valence-corrected chi connectivity index (χ0v) is 16.5. The number of allylic oxidation sites excluding steroid dienone is 1. The van der Waals surface area contributed by atoms with Gasteiger partial charge in [-0.1, -0.05) is 13.5 Å². The number of esters is 2. The molecule has 2 aliphatic rings.